The third kappa shape index (κ3) is 3.12. The molecule has 2 N–H and O–H groups in total. The number of carbonyl (C=O) groups is 1. The van der Waals surface area contributed by atoms with Crippen molar-refractivity contribution in [3.63, 3.8) is 0 Å². The summed E-state index contributed by atoms with van der Waals surface area (Å²) in [5.41, 5.74) is -0.0617. The summed E-state index contributed by atoms with van der Waals surface area (Å²) in [7, 11) is 1.46. The van der Waals surface area contributed by atoms with Crippen LogP contribution in [0.2, 0.25) is 0 Å². The van der Waals surface area contributed by atoms with Crippen LogP contribution < -0.4 is 5.56 Å². The van der Waals surface area contributed by atoms with Crippen molar-refractivity contribution in [3.05, 3.63) is 81.4 Å². The van der Waals surface area contributed by atoms with Gasteiger partial charge in [-0.2, -0.15) is 0 Å². The number of nitrogens with one attached hydrogen (secondary N) is 2. The van der Waals surface area contributed by atoms with Gasteiger partial charge in [0, 0.05) is 24.7 Å². The number of halogens is 4. The van der Waals surface area contributed by atoms with E-state index in [1.165, 1.54) is 24.2 Å². The van der Waals surface area contributed by atoms with Crippen LogP contribution >= 0.6 is 0 Å². The predicted molar refractivity (Wildman–Crippen MR) is 103 cm³/mol. The van der Waals surface area contributed by atoms with Gasteiger partial charge in [0.2, 0.25) is 0 Å². The van der Waals surface area contributed by atoms with Gasteiger partial charge in [0.1, 0.15) is 17.3 Å². The van der Waals surface area contributed by atoms with E-state index < -0.39 is 40.8 Å². The van der Waals surface area contributed by atoms with E-state index in [9.17, 15) is 27.2 Å². The Balaban J connectivity index is 1.75. The Morgan fingerprint density at radius 1 is 0.933 bits per heavy atom. The number of nitrogens with zero attached hydrogens (tertiary/aromatic N) is 1. The zero-order valence-corrected chi connectivity index (χ0v) is 15.8. The van der Waals surface area contributed by atoms with Gasteiger partial charge in [-0.05, 0) is 42.1 Å². The average Bonchev–Trinajstić information content (AvgIpc) is 3.12. The van der Waals surface area contributed by atoms with Crippen molar-refractivity contribution < 1.29 is 22.4 Å². The Morgan fingerprint density at radius 3 is 2.30 bits per heavy atom. The van der Waals surface area contributed by atoms with Crippen molar-refractivity contribution in [3.8, 4) is 0 Å². The van der Waals surface area contributed by atoms with Crippen LogP contribution in [0.5, 0.6) is 0 Å². The van der Waals surface area contributed by atoms with Crippen LogP contribution in [0, 0.1) is 23.3 Å². The predicted octanol–water partition coefficient (Wildman–Crippen LogP) is 4.40. The van der Waals surface area contributed by atoms with Crippen molar-refractivity contribution in [2.75, 3.05) is 7.05 Å². The van der Waals surface area contributed by atoms with E-state index >= 15 is 0 Å². The van der Waals surface area contributed by atoms with E-state index in [0.29, 0.717) is 5.56 Å². The fourth-order valence-corrected chi connectivity index (χ4v) is 3.47. The number of H-pyrrole nitrogens is 2. The van der Waals surface area contributed by atoms with Gasteiger partial charge in [0.25, 0.3) is 11.5 Å². The first kappa shape index (κ1) is 19.7. The topological polar surface area (TPSA) is 69.0 Å². The molecule has 0 saturated heterocycles. The van der Waals surface area contributed by atoms with Gasteiger partial charge in [-0.1, -0.05) is 0 Å². The molecule has 0 unspecified atom stereocenters. The lowest BCUT2D eigenvalue weighted by atomic mass is 10.0. The highest BCUT2D eigenvalue weighted by Gasteiger charge is 2.24. The van der Waals surface area contributed by atoms with Gasteiger partial charge in [0.05, 0.1) is 16.9 Å². The number of fused-ring (bicyclic) bond motifs is 2. The van der Waals surface area contributed by atoms with Crippen LogP contribution in [0.15, 0.2) is 41.3 Å². The second kappa shape index (κ2) is 7.01. The second-order valence-corrected chi connectivity index (χ2v) is 7.01. The van der Waals surface area contributed by atoms with Gasteiger partial charge in [-0.3, -0.25) is 9.59 Å². The number of rotatable bonds is 3. The average molecular weight is 417 g/mol. The quantitative estimate of drug-likeness (QED) is 0.485. The SMILES string of the molecule is C[C@@H](c1c[nH]c(=O)c2cc(F)c(F)cc12)N(C)C(=O)c1cc2c(F)cc(F)cc2[nH]1. The second-order valence-electron chi connectivity index (χ2n) is 7.01. The van der Waals surface area contributed by atoms with Crippen molar-refractivity contribution in [1.29, 1.82) is 0 Å². The van der Waals surface area contributed by atoms with Gasteiger partial charge >= 0.3 is 0 Å². The highest BCUT2D eigenvalue weighted by molar-refractivity contribution is 5.98. The molecule has 1 amide bonds. The molecule has 0 aliphatic rings. The van der Waals surface area contributed by atoms with E-state index in [1.807, 2.05) is 0 Å². The minimum atomic E-state index is -1.16. The van der Waals surface area contributed by atoms with Crippen LogP contribution in [0.4, 0.5) is 17.6 Å². The number of amides is 1. The lowest BCUT2D eigenvalue weighted by Crippen LogP contribution is -2.30. The largest absolute Gasteiger partial charge is 0.350 e. The molecule has 4 rings (SSSR count). The third-order valence-corrected chi connectivity index (χ3v) is 5.21. The van der Waals surface area contributed by atoms with Gasteiger partial charge in [0.15, 0.2) is 11.6 Å². The van der Waals surface area contributed by atoms with Crippen LogP contribution in [-0.4, -0.2) is 27.8 Å². The summed E-state index contributed by atoms with van der Waals surface area (Å²) in [6.07, 6.45) is 1.33. The number of benzene rings is 2. The molecular weight excluding hydrogens is 402 g/mol. The van der Waals surface area contributed by atoms with E-state index in [-0.39, 0.29) is 27.4 Å². The zero-order valence-electron chi connectivity index (χ0n) is 15.8. The van der Waals surface area contributed by atoms with Crippen molar-refractivity contribution in [2.45, 2.75) is 13.0 Å². The smallest absolute Gasteiger partial charge is 0.270 e. The molecule has 0 saturated carbocycles. The van der Waals surface area contributed by atoms with E-state index in [1.54, 1.807) is 6.92 Å². The fraction of sp³-hybridized carbons (Fsp3) is 0.143. The highest BCUT2D eigenvalue weighted by atomic mass is 19.2. The van der Waals surface area contributed by atoms with Gasteiger partial charge in [-0.15, -0.1) is 0 Å². The molecule has 154 valence electrons. The number of carbonyl (C=O) groups excluding carboxylic acids is 1. The monoisotopic (exact) mass is 417 g/mol. The van der Waals surface area contributed by atoms with E-state index in [2.05, 4.69) is 9.97 Å². The van der Waals surface area contributed by atoms with Crippen molar-refractivity contribution in [2.24, 2.45) is 0 Å². The van der Waals surface area contributed by atoms with Gasteiger partial charge in [-0.25, -0.2) is 17.6 Å². The van der Waals surface area contributed by atoms with E-state index in [0.717, 1.165) is 24.3 Å². The molecule has 0 spiro atoms. The summed E-state index contributed by atoms with van der Waals surface area (Å²) in [5.74, 6) is -4.41. The molecule has 2 aromatic carbocycles. The molecule has 4 aromatic rings. The Hall–Kier alpha value is -3.62. The molecule has 1 atom stereocenters. The molecule has 0 aliphatic heterocycles. The van der Waals surface area contributed by atoms with Crippen LogP contribution in [0.3, 0.4) is 0 Å². The molecule has 2 heterocycles. The molecule has 9 heteroatoms. The molecule has 30 heavy (non-hydrogen) atoms. The van der Waals surface area contributed by atoms with Gasteiger partial charge < -0.3 is 14.9 Å². The molecule has 0 fully saturated rings. The minimum Gasteiger partial charge on any atom is -0.350 e. The Kier molecular flexibility index (Phi) is 4.60. The number of aromatic nitrogens is 2. The standard InChI is InChI=1S/C21H15F4N3O2/c1-9(14-8-26-20(29)12-6-17(25)16(24)5-11(12)14)28(2)21(30)19-7-13-15(23)3-10(22)4-18(13)27-19/h3-9,27H,1-2H3,(H,26,29)/t9-/m0/s1. The summed E-state index contributed by atoms with van der Waals surface area (Å²) in [4.78, 5) is 31.4. The summed E-state index contributed by atoms with van der Waals surface area (Å²) >= 11 is 0. The summed E-state index contributed by atoms with van der Waals surface area (Å²) in [5, 5.41) is 0.171. The van der Waals surface area contributed by atoms with E-state index in [4.69, 9.17) is 0 Å². The lowest BCUT2D eigenvalue weighted by Gasteiger charge is -2.25. The Labute approximate surface area is 166 Å². The summed E-state index contributed by atoms with van der Waals surface area (Å²) in [6.45, 7) is 1.63. The normalized spacial score (nSPS) is 12.5. The number of pyridine rings is 1. The molecule has 0 bridgehead atoms. The zero-order chi connectivity index (χ0) is 21.7. The van der Waals surface area contributed by atoms with Crippen LogP contribution in [0.25, 0.3) is 21.7 Å². The summed E-state index contributed by atoms with van der Waals surface area (Å²) in [6, 6.07) is 4.11. The molecule has 0 aliphatic carbocycles. The maximum absolute atomic E-state index is 13.9. The van der Waals surface area contributed by atoms with Crippen LogP contribution in [0.1, 0.15) is 29.0 Å². The fourth-order valence-electron chi connectivity index (χ4n) is 3.47. The van der Waals surface area contributed by atoms with Crippen LogP contribution in [-0.2, 0) is 0 Å². The lowest BCUT2D eigenvalue weighted by molar-refractivity contribution is 0.0738. The highest BCUT2D eigenvalue weighted by Crippen LogP contribution is 2.28. The summed E-state index contributed by atoms with van der Waals surface area (Å²) < 4.78 is 54.7. The number of hydrogen-bond acceptors (Lipinski definition) is 2. The number of hydrogen-bond donors (Lipinski definition) is 2. The molecule has 0 radical (unpaired) electrons. The first-order valence-corrected chi connectivity index (χ1v) is 8.92. The van der Waals surface area contributed by atoms with Crippen molar-refractivity contribution in [1.82, 2.24) is 14.9 Å². The Morgan fingerprint density at radius 2 is 1.60 bits per heavy atom. The molecular formula is C21H15F4N3O2. The first-order chi connectivity index (χ1) is 14.2. The Bertz CT molecular complexity index is 1380. The maximum atomic E-state index is 13.9. The number of aromatic amines is 2. The molecule has 2 aromatic heterocycles. The minimum absolute atomic E-state index is 0.0230. The maximum Gasteiger partial charge on any atom is 0.270 e. The van der Waals surface area contributed by atoms with Crippen molar-refractivity contribution >= 4 is 27.6 Å². The third-order valence-electron chi connectivity index (χ3n) is 5.21. The first-order valence-electron chi connectivity index (χ1n) is 8.92. The molecule has 5 nitrogen and oxygen atoms in total.